The second-order valence-corrected chi connectivity index (χ2v) is 8.81. The summed E-state index contributed by atoms with van der Waals surface area (Å²) in [6, 6.07) is 4.54. The van der Waals surface area contributed by atoms with Crippen molar-refractivity contribution >= 4 is 34.6 Å². The van der Waals surface area contributed by atoms with Gasteiger partial charge in [0.15, 0.2) is 0 Å². The van der Waals surface area contributed by atoms with Gasteiger partial charge in [-0.1, -0.05) is 0 Å². The topological polar surface area (TPSA) is 98.5 Å². The van der Waals surface area contributed by atoms with Crippen LogP contribution in [0.1, 0.15) is 40.0 Å². The van der Waals surface area contributed by atoms with Gasteiger partial charge in [-0.3, -0.25) is 15.1 Å². The predicted molar refractivity (Wildman–Crippen MR) is 107 cm³/mol. The third-order valence-electron chi connectivity index (χ3n) is 4.39. The van der Waals surface area contributed by atoms with E-state index in [1.807, 2.05) is 25.7 Å². The number of non-ortho nitro benzene ring substituents is 1. The summed E-state index contributed by atoms with van der Waals surface area (Å²) in [5, 5.41) is 11.6. The number of carbonyl (C=O) groups excluding carboxylic acids is 1. The Labute approximate surface area is 167 Å². The van der Waals surface area contributed by atoms with E-state index in [9.17, 15) is 14.9 Å². The maximum Gasteiger partial charge on any atom is 0.410 e. The number of nitro groups is 1. The van der Waals surface area contributed by atoms with Gasteiger partial charge in [-0.2, -0.15) is 0 Å². The van der Waals surface area contributed by atoms with Crippen molar-refractivity contribution in [1.82, 2.24) is 14.9 Å². The molecule has 0 saturated carbocycles. The van der Waals surface area contributed by atoms with Crippen LogP contribution in [0.4, 0.5) is 10.5 Å². The fourth-order valence-electron chi connectivity index (χ4n) is 3.08. The molecule has 2 aromatic rings. The number of hydrogen-bond donors (Lipinski definition) is 0. The highest BCUT2D eigenvalue weighted by molar-refractivity contribution is 7.99. The van der Waals surface area contributed by atoms with Crippen LogP contribution in [0.15, 0.2) is 29.4 Å². The average molecular weight is 404 g/mol. The van der Waals surface area contributed by atoms with Gasteiger partial charge in [0.25, 0.3) is 5.69 Å². The van der Waals surface area contributed by atoms with Gasteiger partial charge in [0.1, 0.15) is 10.6 Å². The lowest BCUT2D eigenvalue weighted by atomic mass is 10.0. The van der Waals surface area contributed by atoms with Crippen molar-refractivity contribution in [3.8, 4) is 0 Å². The van der Waals surface area contributed by atoms with Gasteiger partial charge in [-0.25, -0.2) is 9.78 Å². The largest absolute Gasteiger partial charge is 0.444 e. The molecule has 3 rings (SSSR count). The molecule has 8 nitrogen and oxygen atoms in total. The van der Waals surface area contributed by atoms with Crippen molar-refractivity contribution < 1.29 is 14.5 Å². The second kappa shape index (κ2) is 8.30. The molecule has 1 atom stereocenters. The lowest BCUT2D eigenvalue weighted by Gasteiger charge is -2.36. The van der Waals surface area contributed by atoms with Crippen molar-refractivity contribution in [2.45, 2.75) is 56.7 Å². The molecule has 28 heavy (non-hydrogen) atoms. The van der Waals surface area contributed by atoms with E-state index in [2.05, 4.69) is 9.97 Å². The number of carbonyl (C=O) groups is 1. The number of nitrogens with zero attached hydrogens (tertiary/aromatic N) is 4. The van der Waals surface area contributed by atoms with Crippen LogP contribution >= 0.6 is 11.8 Å². The van der Waals surface area contributed by atoms with Crippen LogP contribution in [0, 0.1) is 10.1 Å². The van der Waals surface area contributed by atoms with Crippen LogP contribution in [0.5, 0.6) is 0 Å². The van der Waals surface area contributed by atoms with Crippen LogP contribution in [0.2, 0.25) is 0 Å². The summed E-state index contributed by atoms with van der Waals surface area (Å²) in [4.78, 5) is 33.6. The molecule has 0 bridgehead atoms. The number of thioether (sulfide) groups is 1. The Balaban J connectivity index is 1.68. The maximum absolute atomic E-state index is 12.5. The smallest absolute Gasteiger partial charge is 0.410 e. The van der Waals surface area contributed by atoms with Crippen LogP contribution in [0.3, 0.4) is 0 Å². The first kappa shape index (κ1) is 20.3. The Morgan fingerprint density at radius 2 is 2.14 bits per heavy atom. The number of benzene rings is 1. The number of piperidine rings is 1. The number of nitro benzene ring substituents is 1. The molecule has 1 fully saturated rings. The molecule has 0 radical (unpaired) electrons. The number of ether oxygens (including phenoxy) is 1. The van der Waals surface area contributed by atoms with Crippen molar-refractivity contribution in [2.75, 3.05) is 12.3 Å². The number of amides is 1. The van der Waals surface area contributed by atoms with Gasteiger partial charge in [0.2, 0.25) is 0 Å². The Morgan fingerprint density at radius 3 is 2.86 bits per heavy atom. The molecule has 0 spiro atoms. The van der Waals surface area contributed by atoms with Crippen molar-refractivity contribution in [3.05, 3.63) is 34.5 Å². The number of rotatable bonds is 4. The molecule has 0 unspecified atom stereocenters. The summed E-state index contributed by atoms with van der Waals surface area (Å²) in [5.41, 5.74) is 0.589. The minimum atomic E-state index is -0.515. The summed E-state index contributed by atoms with van der Waals surface area (Å²) in [5.74, 6) is 0.701. The lowest BCUT2D eigenvalue weighted by Crippen LogP contribution is -2.47. The highest BCUT2D eigenvalue weighted by Crippen LogP contribution is 2.27. The number of fused-ring (bicyclic) bond motifs is 1. The van der Waals surface area contributed by atoms with E-state index in [0.29, 0.717) is 23.3 Å². The average Bonchev–Trinajstić information content (AvgIpc) is 2.64. The summed E-state index contributed by atoms with van der Waals surface area (Å²) >= 11 is 1.53. The lowest BCUT2D eigenvalue weighted by molar-refractivity contribution is -0.384. The van der Waals surface area contributed by atoms with Crippen LogP contribution in [0.25, 0.3) is 11.0 Å². The van der Waals surface area contributed by atoms with Gasteiger partial charge >= 0.3 is 6.09 Å². The first-order valence-electron chi connectivity index (χ1n) is 9.26. The monoisotopic (exact) mass is 404 g/mol. The Morgan fingerprint density at radius 1 is 1.36 bits per heavy atom. The summed E-state index contributed by atoms with van der Waals surface area (Å²) in [7, 11) is 0. The standard InChI is InChI=1S/C19H24N4O4S/c1-19(2,3)27-18(24)22-9-5-4-6-14(22)12-28-17-11-20-16-10-13(23(25)26)7-8-15(16)21-17/h7-8,10-11,14H,4-6,9,12H2,1-3H3/t14-/m0/s1. The van der Waals surface area contributed by atoms with E-state index in [0.717, 1.165) is 24.3 Å². The van der Waals surface area contributed by atoms with Gasteiger partial charge in [-0.05, 0) is 46.1 Å². The molecule has 0 N–H and O–H groups in total. The maximum atomic E-state index is 12.5. The van der Waals surface area contributed by atoms with Gasteiger partial charge in [0.05, 0.1) is 22.2 Å². The fraction of sp³-hybridized carbons (Fsp3) is 0.526. The number of aromatic nitrogens is 2. The first-order chi connectivity index (χ1) is 13.2. The van der Waals surface area contributed by atoms with E-state index in [4.69, 9.17) is 4.74 Å². The Hall–Kier alpha value is -2.42. The fourth-order valence-corrected chi connectivity index (χ4v) is 4.08. The predicted octanol–water partition coefficient (Wildman–Crippen LogP) is 4.42. The van der Waals surface area contributed by atoms with E-state index < -0.39 is 10.5 Å². The molecule has 150 valence electrons. The van der Waals surface area contributed by atoms with Crippen molar-refractivity contribution in [2.24, 2.45) is 0 Å². The summed E-state index contributed by atoms with van der Waals surface area (Å²) < 4.78 is 5.54. The molecule has 1 amide bonds. The summed E-state index contributed by atoms with van der Waals surface area (Å²) in [6.07, 6.45) is 4.35. The minimum Gasteiger partial charge on any atom is -0.444 e. The molecule has 9 heteroatoms. The molecule has 1 aliphatic heterocycles. The SMILES string of the molecule is CC(C)(C)OC(=O)N1CCCC[C@H]1CSc1cnc2cc([N+](=O)[O-])ccc2n1. The molecular formula is C19H24N4O4S. The van der Waals surface area contributed by atoms with Gasteiger partial charge in [-0.15, -0.1) is 11.8 Å². The molecule has 1 aromatic carbocycles. The van der Waals surface area contributed by atoms with E-state index in [1.165, 1.54) is 23.9 Å². The van der Waals surface area contributed by atoms with Crippen molar-refractivity contribution in [1.29, 1.82) is 0 Å². The number of hydrogen-bond acceptors (Lipinski definition) is 7. The summed E-state index contributed by atoms with van der Waals surface area (Å²) in [6.45, 7) is 6.31. The van der Waals surface area contributed by atoms with E-state index in [1.54, 1.807) is 12.3 Å². The number of likely N-dealkylation sites (tertiary alicyclic amines) is 1. The van der Waals surface area contributed by atoms with Crippen LogP contribution in [-0.2, 0) is 4.74 Å². The van der Waals surface area contributed by atoms with E-state index in [-0.39, 0.29) is 17.8 Å². The highest BCUT2D eigenvalue weighted by atomic mass is 32.2. The Bertz CT molecular complexity index is 884. The second-order valence-electron chi connectivity index (χ2n) is 7.77. The zero-order valence-corrected chi connectivity index (χ0v) is 17.1. The molecule has 0 aliphatic carbocycles. The third-order valence-corrected chi connectivity index (χ3v) is 5.44. The van der Waals surface area contributed by atoms with Gasteiger partial charge < -0.3 is 9.64 Å². The van der Waals surface area contributed by atoms with Crippen molar-refractivity contribution in [3.63, 3.8) is 0 Å². The van der Waals surface area contributed by atoms with Crippen LogP contribution in [-0.4, -0.2) is 49.8 Å². The van der Waals surface area contributed by atoms with Crippen LogP contribution < -0.4 is 0 Å². The molecule has 1 aliphatic rings. The quantitative estimate of drug-likeness (QED) is 0.422. The normalized spacial score (nSPS) is 17.5. The zero-order valence-electron chi connectivity index (χ0n) is 16.3. The molecular weight excluding hydrogens is 380 g/mol. The van der Waals surface area contributed by atoms with E-state index >= 15 is 0 Å². The zero-order chi connectivity index (χ0) is 20.3. The first-order valence-corrected chi connectivity index (χ1v) is 10.2. The molecule has 2 heterocycles. The highest BCUT2D eigenvalue weighted by Gasteiger charge is 2.30. The Kier molecular flexibility index (Phi) is 6.02. The minimum absolute atomic E-state index is 0.00240. The molecule has 1 saturated heterocycles. The third kappa shape index (κ3) is 5.09. The van der Waals surface area contributed by atoms with Gasteiger partial charge in [0, 0.05) is 30.5 Å². The molecule has 1 aromatic heterocycles.